The fourth-order valence-corrected chi connectivity index (χ4v) is 5.34. The Kier molecular flexibility index (Phi) is 10.8. The smallest absolute Gasteiger partial charge is 0.243 e. The highest BCUT2D eigenvalue weighted by Gasteiger charge is 2.35. The number of hydrogen-bond donors (Lipinski definition) is 1. The molecule has 0 aliphatic rings. The number of aryl methyl sites for hydroxylation is 1. The maximum Gasteiger partial charge on any atom is 0.243 e. The monoisotopic (exact) mass is 645 g/mol. The maximum absolute atomic E-state index is 13.9. The molecule has 0 unspecified atom stereocenters. The van der Waals surface area contributed by atoms with Gasteiger partial charge in [0.05, 0.1) is 0 Å². The lowest BCUT2D eigenvalue weighted by Gasteiger charge is -2.30. The van der Waals surface area contributed by atoms with Gasteiger partial charge in [-0.15, -0.1) is 10.2 Å². The molecule has 18 radical (unpaired) electrons. The van der Waals surface area contributed by atoms with E-state index in [1.807, 2.05) is 0 Å². The number of methoxy groups -OCH3 is 1. The van der Waals surface area contributed by atoms with Crippen LogP contribution in [0.2, 0.25) is 0 Å². The van der Waals surface area contributed by atoms with Gasteiger partial charge in [-0.1, -0.05) is 12.1 Å². The van der Waals surface area contributed by atoms with Crippen LogP contribution in [0.25, 0.3) is 17.2 Å². The van der Waals surface area contributed by atoms with Crippen molar-refractivity contribution in [3.05, 3.63) is 60.2 Å². The summed E-state index contributed by atoms with van der Waals surface area (Å²) in [5.74, 6) is -1.00. The van der Waals surface area contributed by atoms with E-state index in [2.05, 4.69) is 29.9 Å². The summed E-state index contributed by atoms with van der Waals surface area (Å²) in [5.41, 5.74) is 0.599. The van der Waals surface area contributed by atoms with Gasteiger partial charge in [-0.3, -0.25) is 9.29 Å². The molecule has 3 aromatic heterocycles. The van der Waals surface area contributed by atoms with Gasteiger partial charge in [-0.25, -0.2) is 23.4 Å². The summed E-state index contributed by atoms with van der Waals surface area (Å²) >= 11 is 0. The second-order valence-electron chi connectivity index (χ2n) is 10.6. The van der Waals surface area contributed by atoms with Gasteiger partial charge in [0.15, 0.2) is 11.6 Å². The number of ether oxygens (including phenoxy) is 4. The summed E-state index contributed by atoms with van der Waals surface area (Å²) in [6, 6.07) is 8.53. The van der Waals surface area contributed by atoms with Crippen molar-refractivity contribution in [3.63, 3.8) is 0 Å². The quantitative estimate of drug-likeness (QED) is 0.159. The number of anilines is 1. The number of nitrogens with zero attached hydrogens (tertiary/aromatic N) is 6. The molecule has 1 aromatic carbocycles. The van der Waals surface area contributed by atoms with Crippen LogP contribution in [0, 0.1) is 6.92 Å². The van der Waals surface area contributed by atoms with Crippen molar-refractivity contribution in [2.75, 3.05) is 11.8 Å². The van der Waals surface area contributed by atoms with Crippen LogP contribution < -0.4 is 18.9 Å². The van der Waals surface area contributed by atoms with Gasteiger partial charge in [0, 0.05) is 25.6 Å². The number of benzene rings is 1. The van der Waals surface area contributed by atoms with Gasteiger partial charge in [0.1, 0.15) is 105 Å². The van der Waals surface area contributed by atoms with Gasteiger partial charge < -0.3 is 18.9 Å². The summed E-state index contributed by atoms with van der Waals surface area (Å²) in [4.78, 5) is 12.8. The molecule has 0 amide bonds. The minimum atomic E-state index is -4.41. The lowest BCUT2D eigenvalue weighted by atomic mass is 9.52. The Morgan fingerprint density at radius 3 is 1.88 bits per heavy atom. The topological polar surface area (TPSA) is 152 Å². The number of pyridine rings is 1. The second-order valence-corrected chi connectivity index (χ2v) is 12.7. The first-order chi connectivity index (χ1) is 22.2. The van der Waals surface area contributed by atoms with Crippen LogP contribution in [0.5, 0.6) is 17.4 Å². The van der Waals surface area contributed by atoms with E-state index in [-0.39, 0.29) is 40.4 Å². The van der Waals surface area contributed by atoms with Crippen molar-refractivity contribution >= 4 is 86.6 Å². The number of hydrogen-bond acceptors (Lipinski definition) is 11. The first kappa shape index (κ1) is 37.1. The van der Waals surface area contributed by atoms with E-state index >= 15 is 0 Å². The van der Waals surface area contributed by atoms with E-state index < -0.39 is 43.2 Å². The van der Waals surface area contributed by atoms with Crippen LogP contribution in [0.3, 0.4) is 0 Å². The Morgan fingerprint density at radius 2 is 1.35 bits per heavy atom. The van der Waals surface area contributed by atoms with Gasteiger partial charge in [0.2, 0.25) is 21.9 Å². The zero-order valence-electron chi connectivity index (χ0n) is 26.0. The molecule has 0 saturated heterocycles. The average Bonchev–Trinajstić information content (AvgIpc) is 3.34. The Hall–Kier alpha value is -3.72. The Morgan fingerprint density at radius 1 is 0.812 bits per heavy atom. The normalized spacial score (nSPS) is 13.7. The molecule has 13 nitrogen and oxygen atoms in total. The molecule has 0 aliphatic carbocycles. The van der Waals surface area contributed by atoms with Gasteiger partial charge in [-0.05, 0) is 53.5 Å². The predicted octanol–water partition coefficient (Wildman–Crippen LogP) is -1.57. The molecule has 224 valence electrons. The second kappa shape index (κ2) is 14.0. The minimum absolute atomic E-state index is 0.0188. The average molecular weight is 644 g/mol. The molecule has 23 heteroatoms. The third-order valence-corrected chi connectivity index (χ3v) is 7.81. The van der Waals surface area contributed by atoms with Crippen LogP contribution in [-0.2, 0) is 14.8 Å². The molecular formula is C25H20B9N7O6S. The SMILES string of the molecule is [B]C([B])([B])Oc1cccc(-c2nnc(NS(=O)(=O)[C@@H](C)[C@H](OC)c3ncc(C)cn3)n2-c2c(OC([B])([B])[B])cccc2OC([B])([B])[B])n1. The van der Waals surface area contributed by atoms with Crippen molar-refractivity contribution in [3.8, 4) is 34.6 Å². The number of sulfonamides is 1. The first-order valence-corrected chi connectivity index (χ1v) is 15.3. The highest BCUT2D eigenvalue weighted by molar-refractivity contribution is 7.93. The Bertz CT molecular complexity index is 1820. The summed E-state index contributed by atoms with van der Waals surface area (Å²) < 4.78 is 53.3. The van der Waals surface area contributed by atoms with E-state index in [9.17, 15) is 8.42 Å². The fraction of sp³-hybridized carbons (Fsp3) is 0.320. The highest BCUT2D eigenvalue weighted by Crippen LogP contribution is 2.40. The third kappa shape index (κ3) is 9.46. The maximum atomic E-state index is 13.9. The number of para-hydroxylation sites is 1. The summed E-state index contributed by atoms with van der Waals surface area (Å²) in [5, 5.41) is 0.316. The van der Waals surface area contributed by atoms with E-state index in [1.165, 1.54) is 62.8 Å². The number of rotatable bonds is 14. The van der Waals surface area contributed by atoms with E-state index in [1.54, 1.807) is 6.92 Å². The van der Waals surface area contributed by atoms with E-state index in [0.717, 1.165) is 10.1 Å². The first-order valence-electron chi connectivity index (χ1n) is 13.7. The Balaban J connectivity index is 1.96. The van der Waals surface area contributed by atoms with Crippen molar-refractivity contribution < 1.29 is 27.4 Å². The fourth-order valence-electron chi connectivity index (χ4n) is 4.21. The molecule has 3 heterocycles. The van der Waals surface area contributed by atoms with Crippen LogP contribution >= 0.6 is 0 Å². The standard InChI is InChI=1S/C25H20B9N7O6S/c1-12-10-35-20(36-11-12)19(44-3)13(2)48(42,43)40-22-39-38-21(14-6-4-9-17(37-14)47-25(32,33)34)41(22)18-15(45-23(26,27)28)7-5-8-16(18)46-24(29,30)31/h4-11,13,19H,1-3H3,(H,39,40)/t13-,19-/m0/s1. The molecule has 0 bridgehead atoms. The Labute approximate surface area is 290 Å². The zero-order chi connectivity index (χ0) is 35.7. The zero-order valence-corrected chi connectivity index (χ0v) is 26.8. The summed E-state index contributed by atoms with van der Waals surface area (Å²) in [6.07, 6.45) is 1.93. The number of nitrogens with one attached hydrogen (secondary N) is 1. The molecule has 48 heavy (non-hydrogen) atoms. The molecule has 4 aromatic rings. The molecule has 0 saturated carbocycles. The lowest BCUT2D eigenvalue weighted by Crippen LogP contribution is -2.39. The minimum Gasteiger partial charge on any atom is -0.514 e. The van der Waals surface area contributed by atoms with Gasteiger partial charge in [0.25, 0.3) is 0 Å². The summed E-state index contributed by atoms with van der Waals surface area (Å²) in [6.45, 7) is 3.16. The number of aromatic nitrogens is 6. The molecule has 0 fully saturated rings. The van der Waals surface area contributed by atoms with E-state index in [4.69, 9.17) is 89.6 Å². The third-order valence-electron chi connectivity index (χ3n) is 6.11. The molecule has 4 rings (SSSR count). The van der Waals surface area contributed by atoms with E-state index in [0.29, 0.717) is 0 Å². The van der Waals surface area contributed by atoms with Crippen molar-refractivity contribution in [2.24, 2.45) is 0 Å². The van der Waals surface area contributed by atoms with Crippen LogP contribution in [0.15, 0.2) is 48.8 Å². The van der Waals surface area contributed by atoms with Crippen LogP contribution in [-0.4, -0.2) is 137 Å². The molecule has 1 N–H and O–H groups in total. The van der Waals surface area contributed by atoms with Crippen molar-refractivity contribution in [1.29, 1.82) is 0 Å². The molecule has 2 atom stereocenters. The largest absolute Gasteiger partial charge is 0.514 e. The van der Waals surface area contributed by atoms with Gasteiger partial charge in [-0.2, -0.15) is 0 Å². The molecule has 0 aliphatic heterocycles. The molecular weight excluding hydrogens is 624 g/mol. The van der Waals surface area contributed by atoms with Crippen molar-refractivity contribution in [1.82, 2.24) is 29.7 Å². The predicted molar refractivity (Wildman–Crippen MR) is 185 cm³/mol. The highest BCUT2D eigenvalue weighted by atomic mass is 32.2. The van der Waals surface area contributed by atoms with Crippen LogP contribution in [0.4, 0.5) is 5.95 Å². The van der Waals surface area contributed by atoms with Crippen LogP contribution in [0.1, 0.15) is 24.4 Å². The molecule has 0 spiro atoms. The van der Waals surface area contributed by atoms with Gasteiger partial charge >= 0.3 is 0 Å². The lowest BCUT2D eigenvalue weighted by molar-refractivity contribution is 0.0949. The summed E-state index contributed by atoms with van der Waals surface area (Å²) in [7, 11) is 48.2. The van der Waals surface area contributed by atoms with Crippen molar-refractivity contribution in [2.45, 2.75) is 41.1 Å².